The Bertz CT molecular complexity index is 1480. The van der Waals surface area contributed by atoms with Gasteiger partial charge in [0.15, 0.2) is 0 Å². The summed E-state index contributed by atoms with van der Waals surface area (Å²) in [6.45, 7) is 3.72. The highest BCUT2D eigenvalue weighted by molar-refractivity contribution is 8.03. The number of thioether (sulfide) groups is 1. The number of hydrogen-bond donors (Lipinski definition) is 3. The van der Waals surface area contributed by atoms with E-state index < -0.39 is 5.92 Å². The first-order chi connectivity index (χ1) is 18.3. The number of hydrogen-bond acceptors (Lipinski definition) is 5. The van der Waals surface area contributed by atoms with Crippen molar-refractivity contribution in [3.63, 3.8) is 0 Å². The second kappa shape index (κ2) is 12.2. The maximum Gasteiger partial charge on any atom is 0.254 e. The molecule has 0 unspecified atom stereocenters. The number of anilines is 2. The lowest BCUT2D eigenvalue weighted by molar-refractivity contribution is -0.114. The van der Waals surface area contributed by atoms with E-state index in [1.54, 1.807) is 25.1 Å². The number of nitriles is 1. The first kappa shape index (κ1) is 27.3. The quantitative estimate of drug-likeness (QED) is 0.288. The molecule has 38 heavy (non-hydrogen) atoms. The van der Waals surface area contributed by atoms with Gasteiger partial charge in [-0.05, 0) is 49.2 Å². The molecule has 6 nitrogen and oxygen atoms in total. The number of nitrogens with one attached hydrogen (secondary N) is 3. The van der Waals surface area contributed by atoms with Gasteiger partial charge in [0.25, 0.3) is 5.91 Å². The van der Waals surface area contributed by atoms with Crippen LogP contribution in [0.4, 0.5) is 11.4 Å². The van der Waals surface area contributed by atoms with Gasteiger partial charge in [0, 0.05) is 32.7 Å². The van der Waals surface area contributed by atoms with E-state index in [2.05, 4.69) is 22.0 Å². The Morgan fingerprint density at radius 2 is 1.63 bits per heavy atom. The van der Waals surface area contributed by atoms with Crippen molar-refractivity contribution in [2.75, 3.05) is 16.4 Å². The molecule has 1 heterocycles. The summed E-state index contributed by atoms with van der Waals surface area (Å²) < 4.78 is 0. The van der Waals surface area contributed by atoms with Crippen molar-refractivity contribution in [2.45, 2.75) is 19.8 Å². The van der Waals surface area contributed by atoms with Crippen LogP contribution >= 0.6 is 35.0 Å². The minimum Gasteiger partial charge on any atom is -0.353 e. The van der Waals surface area contributed by atoms with Crippen molar-refractivity contribution in [1.29, 1.82) is 5.26 Å². The molecule has 0 radical (unpaired) electrons. The van der Waals surface area contributed by atoms with E-state index in [0.29, 0.717) is 43.3 Å². The normalized spacial score (nSPS) is 15.0. The van der Waals surface area contributed by atoms with Crippen molar-refractivity contribution in [3.05, 3.63) is 116 Å². The van der Waals surface area contributed by atoms with Gasteiger partial charge >= 0.3 is 0 Å². The van der Waals surface area contributed by atoms with E-state index in [1.165, 1.54) is 11.8 Å². The summed E-state index contributed by atoms with van der Waals surface area (Å²) in [5.74, 6) is -1.17. The molecule has 0 saturated heterocycles. The Morgan fingerprint density at radius 3 is 2.29 bits per heavy atom. The third-order valence-electron chi connectivity index (χ3n) is 5.91. The highest BCUT2D eigenvalue weighted by atomic mass is 35.5. The number of rotatable bonds is 7. The highest BCUT2D eigenvalue weighted by Gasteiger charge is 2.35. The molecular weight excluding hydrogens is 539 g/mol. The monoisotopic (exact) mass is 562 g/mol. The van der Waals surface area contributed by atoms with E-state index in [-0.39, 0.29) is 17.6 Å². The Labute approximate surface area is 235 Å². The fourth-order valence-corrected chi connectivity index (χ4v) is 5.59. The van der Waals surface area contributed by atoms with Gasteiger partial charge in [0.1, 0.15) is 0 Å². The van der Waals surface area contributed by atoms with E-state index in [9.17, 15) is 14.9 Å². The molecule has 0 fully saturated rings. The first-order valence-electron chi connectivity index (χ1n) is 11.7. The molecule has 3 N–H and O–H groups in total. The predicted molar refractivity (Wildman–Crippen MR) is 155 cm³/mol. The van der Waals surface area contributed by atoms with Crippen LogP contribution in [0, 0.1) is 18.3 Å². The largest absolute Gasteiger partial charge is 0.353 e. The van der Waals surface area contributed by atoms with Gasteiger partial charge in [-0.25, -0.2) is 0 Å². The number of carbonyl (C=O) groups excluding carboxylic acids is 2. The number of nitrogens with zero attached hydrogens (tertiary/aromatic N) is 1. The fourth-order valence-electron chi connectivity index (χ4n) is 4.17. The highest BCUT2D eigenvalue weighted by Crippen LogP contribution is 2.41. The van der Waals surface area contributed by atoms with Crippen LogP contribution in [-0.2, 0) is 9.59 Å². The minimum atomic E-state index is -0.608. The maximum absolute atomic E-state index is 13.6. The molecule has 4 rings (SSSR count). The van der Waals surface area contributed by atoms with Gasteiger partial charge in [0.2, 0.25) is 5.91 Å². The summed E-state index contributed by atoms with van der Waals surface area (Å²) in [5, 5.41) is 20.5. The van der Waals surface area contributed by atoms with Crippen LogP contribution in [0.2, 0.25) is 10.0 Å². The van der Waals surface area contributed by atoms with Crippen molar-refractivity contribution in [2.24, 2.45) is 0 Å². The predicted octanol–water partition coefficient (Wildman–Crippen LogP) is 7.01. The van der Waals surface area contributed by atoms with Crippen molar-refractivity contribution < 1.29 is 9.59 Å². The van der Waals surface area contributed by atoms with Gasteiger partial charge in [-0.1, -0.05) is 83.5 Å². The number of benzene rings is 3. The molecule has 192 valence electrons. The molecule has 0 saturated carbocycles. The van der Waals surface area contributed by atoms with Crippen LogP contribution in [-0.4, -0.2) is 17.6 Å². The van der Waals surface area contributed by atoms with Crippen molar-refractivity contribution in [3.8, 4) is 6.07 Å². The lowest BCUT2D eigenvalue weighted by Crippen LogP contribution is -2.31. The number of dihydropyridines is 1. The molecule has 1 aliphatic rings. The molecule has 0 aliphatic carbocycles. The standard InChI is InChI=1S/C29H24Cl2N4O2S/c1-17-8-6-7-11-24(17)35-28(37)26-18(2)33-29(23(15-32)27(26)19-9-4-3-5-10-19)38-16-25(36)34-22-13-20(30)12-21(31)14-22/h3-14,27,33H,16H2,1-2H3,(H,34,36)(H,35,37)/t27-/m0/s1. The third-order valence-corrected chi connectivity index (χ3v) is 7.37. The third kappa shape index (κ3) is 6.40. The number of amides is 2. The van der Waals surface area contributed by atoms with E-state index in [1.807, 2.05) is 61.5 Å². The number of aryl methyl sites for hydroxylation is 1. The van der Waals surface area contributed by atoms with Gasteiger partial charge in [-0.15, -0.1) is 0 Å². The van der Waals surface area contributed by atoms with Gasteiger partial charge < -0.3 is 16.0 Å². The average Bonchev–Trinajstić information content (AvgIpc) is 2.88. The van der Waals surface area contributed by atoms with E-state index >= 15 is 0 Å². The molecule has 9 heteroatoms. The molecular formula is C29H24Cl2N4O2S. The summed E-state index contributed by atoms with van der Waals surface area (Å²) in [4.78, 5) is 26.3. The molecule has 1 atom stereocenters. The Kier molecular flexibility index (Phi) is 8.80. The number of carbonyl (C=O) groups is 2. The Hall–Kier alpha value is -3.70. The maximum atomic E-state index is 13.6. The second-order valence-corrected chi connectivity index (χ2v) is 10.5. The molecule has 3 aromatic rings. The molecule has 1 aliphatic heterocycles. The van der Waals surface area contributed by atoms with Crippen LogP contribution < -0.4 is 16.0 Å². The zero-order valence-corrected chi connectivity index (χ0v) is 23.0. The van der Waals surface area contributed by atoms with Crippen LogP contribution in [0.25, 0.3) is 0 Å². The van der Waals surface area contributed by atoms with Crippen LogP contribution in [0.3, 0.4) is 0 Å². The van der Waals surface area contributed by atoms with Crippen molar-refractivity contribution >= 4 is 58.2 Å². The number of allylic oxidation sites excluding steroid dienone is 2. The fraction of sp³-hybridized carbons (Fsp3) is 0.138. The summed E-state index contributed by atoms with van der Waals surface area (Å²) >= 11 is 13.2. The SMILES string of the molecule is CC1=C(C(=O)Nc2ccccc2C)[C@@H](c2ccccc2)C(C#N)=C(SCC(=O)Nc2cc(Cl)cc(Cl)c2)N1. The number of para-hydroxylation sites is 1. The lowest BCUT2D eigenvalue weighted by Gasteiger charge is -2.30. The average molecular weight is 564 g/mol. The van der Waals surface area contributed by atoms with Crippen LogP contribution in [0.1, 0.15) is 24.0 Å². The van der Waals surface area contributed by atoms with Crippen LogP contribution in [0.15, 0.2) is 94.7 Å². The zero-order chi connectivity index (χ0) is 27.2. The second-order valence-electron chi connectivity index (χ2n) is 8.63. The van der Waals surface area contributed by atoms with Gasteiger partial charge in [-0.3, -0.25) is 9.59 Å². The summed E-state index contributed by atoms with van der Waals surface area (Å²) in [6.07, 6.45) is 0. The minimum absolute atomic E-state index is 0.0250. The first-order valence-corrected chi connectivity index (χ1v) is 13.4. The van der Waals surface area contributed by atoms with E-state index in [0.717, 1.165) is 11.1 Å². The molecule has 0 aromatic heterocycles. The molecule has 0 bridgehead atoms. The van der Waals surface area contributed by atoms with Crippen LogP contribution in [0.5, 0.6) is 0 Å². The lowest BCUT2D eigenvalue weighted by atomic mass is 9.82. The molecule has 0 spiro atoms. The Morgan fingerprint density at radius 1 is 0.974 bits per heavy atom. The van der Waals surface area contributed by atoms with Crippen molar-refractivity contribution in [1.82, 2.24) is 5.32 Å². The summed E-state index contributed by atoms with van der Waals surface area (Å²) in [6, 6.07) is 24.0. The zero-order valence-electron chi connectivity index (χ0n) is 20.6. The molecule has 3 aromatic carbocycles. The number of halogens is 2. The summed E-state index contributed by atoms with van der Waals surface area (Å²) in [5.41, 5.74) is 4.32. The van der Waals surface area contributed by atoms with E-state index in [4.69, 9.17) is 23.2 Å². The Balaban J connectivity index is 1.61. The summed E-state index contributed by atoms with van der Waals surface area (Å²) in [7, 11) is 0. The van der Waals surface area contributed by atoms with Gasteiger partial charge in [0.05, 0.1) is 28.3 Å². The smallest absolute Gasteiger partial charge is 0.254 e. The molecule has 2 amide bonds. The van der Waals surface area contributed by atoms with Gasteiger partial charge in [-0.2, -0.15) is 5.26 Å². The topological polar surface area (TPSA) is 94.0 Å².